The van der Waals surface area contributed by atoms with Gasteiger partial charge in [-0.25, -0.2) is 5.10 Å². The van der Waals surface area contributed by atoms with Crippen molar-refractivity contribution in [2.24, 2.45) is 0 Å². The smallest absolute Gasteiger partial charge is 0.254 e. The molecule has 0 radical (unpaired) electrons. The lowest BCUT2D eigenvalue weighted by molar-refractivity contribution is 0.0740. The molecule has 0 fully saturated rings. The van der Waals surface area contributed by atoms with Crippen molar-refractivity contribution in [1.82, 2.24) is 25.5 Å². The highest BCUT2D eigenvalue weighted by atomic mass is 16.5. The van der Waals surface area contributed by atoms with Crippen LogP contribution in [0.5, 0.6) is 11.5 Å². The number of carbonyl (C=O) groups excluding carboxylic acids is 1. The Balaban J connectivity index is 1.53. The number of aromatic nitrogens is 4. The molecule has 0 saturated heterocycles. The van der Waals surface area contributed by atoms with Crippen molar-refractivity contribution in [3.05, 3.63) is 100 Å². The number of H-pyrrole nitrogens is 1. The molecular weight excluding hydrogens is 454 g/mol. The summed E-state index contributed by atoms with van der Waals surface area (Å²) in [6.07, 6.45) is 2.37. The summed E-state index contributed by atoms with van der Waals surface area (Å²) in [5, 5.41) is 14.0. The zero-order valence-electron chi connectivity index (χ0n) is 20.9. The van der Waals surface area contributed by atoms with Crippen LogP contribution in [-0.2, 0) is 19.4 Å². The van der Waals surface area contributed by atoms with Gasteiger partial charge in [0.15, 0.2) is 5.82 Å². The minimum Gasteiger partial charge on any atom is -0.496 e. The van der Waals surface area contributed by atoms with Crippen molar-refractivity contribution in [2.45, 2.75) is 32.7 Å². The molecule has 0 bridgehead atoms. The van der Waals surface area contributed by atoms with Crippen LogP contribution >= 0.6 is 0 Å². The number of rotatable bonds is 11. The Morgan fingerprint density at radius 1 is 0.917 bits per heavy atom. The van der Waals surface area contributed by atoms with Crippen LogP contribution in [0.25, 0.3) is 0 Å². The Morgan fingerprint density at radius 2 is 1.58 bits per heavy atom. The van der Waals surface area contributed by atoms with Gasteiger partial charge in [-0.05, 0) is 59.0 Å². The molecule has 0 aliphatic heterocycles. The number of methoxy groups -OCH3 is 2. The second kappa shape index (κ2) is 12.0. The first-order valence-corrected chi connectivity index (χ1v) is 11.9. The van der Waals surface area contributed by atoms with Crippen LogP contribution in [0.15, 0.2) is 66.7 Å². The van der Waals surface area contributed by atoms with Crippen LogP contribution in [0, 0.1) is 6.92 Å². The molecule has 0 aliphatic carbocycles. The Labute approximate surface area is 211 Å². The molecule has 3 aromatic carbocycles. The van der Waals surface area contributed by atoms with E-state index >= 15 is 0 Å². The largest absolute Gasteiger partial charge is 0.496 e. The Hall–Kier alpha value is -4.20. The number of hydrogen-bond donors (Lipinski definition) is 1. The maximum atomic E-state index is 13.7. The molecule has 1 heterocycles. The van der Waals surface area contributed by atoms with E-state index in [9.17, 15) is 4.79 Å². The molecule has 0 atom stereocenters. The van der Waals surface area contributed by atoms with Crippen molar-refractivity contribution in [3.8, 4) is 11.5 Å². The maximum absolute atomic E-state index is 13.7. The fraction of sp³-hybridized carbons (Fsp3) is 0.286. The predicted molar refractivity (Wildman–Crippen MR) is 137 cm³/mol. The quantitative estimate of drug-likeness (QED) is 0.339. The molecule has 36 heavy (non-hydrogen) atoms. The normalized spacial score (nSPS) is 10.8. The molecule has 0 unspecified atom stereocenters. The number of carbonyl (C=O) groups is 1. The second-order valence-electron chi connectivity index (χ2n) is 8.66. The Morgan fingerprint density at radius 3 is 2.19 bits per heavy atom. The second-order valence-corrected chi connectivity index (χ2v) is 8.66. The lowest BCUT2D eigenvalue weighted by atomic mass is 10.1. The summed E-state index contributed by atoms with van der Waals surface area (Å²) in [6, 6.07) is 22.1. The SMILES string of the molecule is COc1cc(C(=O)N(CCCc2ccccc2)Cc2ccc(Cc3nnn[nH]3)cc2)cc(OC)c1C. The summed E-state index contributed by atoms with van der Waals surface area (Å²) in [6.45, 7) is 3.04. The van der Waals surface area contributed by atoms with Gasteiger partial charge < -0.3 is 14.4 Å². The topological polar surface area (TPSA) is 93.2 Å². The van der Waals surface area contributed by atoms with Gasteiger partial charge in [-0.15, -0.1) is 5.10 Å². The number of nitrogens with zero attached hydrogens (tertiary/aromatic N) is 4. The Bertz CT molecular complexity index is 1230. The molecule has 0 saturated carbocycles. The van der Waals surface area contributed by atoms with Gasteiger partial charge in [0.25, 0.3) is 5.91 Å². The van der Waals surface area contributed by atoms with Crippen LogP contribution in [0.3, 0.4) is 0 Å². The average Bonchev–Trinajstić information content (AvgIpc) is 3.42. The van der Waals surface area contributed by atoms with Crippen molar-refractivity contribution in [2.75, 3.05) is 20.8 Å². The van der Waals surface area contributed by atoms with E-state index in [1.165, 1.54) is 5.56 Å². The molecule has 0 aliphatic rings. The minimum absolute atomic E-state index is 0.0588. The third kappa shape index (κ3) is 6.27. The van der Waals surface area contributed by atoms with Crippen LogP contribution in [0.2, 0.25) is 0 Å². The number of benzene rings is 3. The van der Waals surface area contributed by atoms with Gasteiger partial charge >= 0.3 is 0 Å². The first-order valence-electron chi connectivity index (χ1n) is 11.9. The molecule has 1 aromatic heterocycles. The van der Waals surface area contributed by atoms with Gasteiger partial charge in [0.05, 0.1) is 14.2 Å². The fourth-order valence-corrected chi connectivity index (χ4v) is 4.19. The number of ether oxygens (including phenoxy) is 2. The molecule has 8 nitrogen and oxygen atoms in total. The summed E-state index contributed by atoms with van der Waals surface area (Å²) < 4.78 is 11.0. The lowest BCUT2D eigenvalue weighted by Crippen LogP contribution is -2.32. The van der Waals surface area contributed by atoms with Crippen LogP contribution in [0.4, 0.5) is 0 Å². The van der Waals surface area contributed by atoms with E-state index in [1.54, 1.807) is 26.4 Å². The molecule has 1 amide bonds. The summed E-state index contributed by atoms with van der Waals surface area (Å²) in [7, 11) is 3.20. The number of tetrazole rings is 1. The first kappa shape index (κ1) is 24.9. The predicted octanol–water partition coefficient (Wildman–Crippen LogP) is 4.39. The minimum atomic E-state index is -0.0588. The zero-order chi connectivity index (χ0) is 25.3. The number of hydrogen-bond acceptors (Lipinski definition) is 6. The maximum Gasteiger partial charge on any atom is 0.254 e. The number of aromatic amines is 1. The fourth-order valence-electron chi connectivity index (χ4n) is 4.19. The molecule has 4 rings (SSSR count). The Kier molecular flexibility index (Phi) is 8.28. The molecule has 1 N–H and O–H groups in total. The summed E-state index contributed by atoms with van der Waals surface area (Å²) in [5.41, 5.74) is 4.81. The van der Waals surface area contributed by atoms with Crippen molar-refractivity contribution in [3.63, 3.8) is 0 Å². The number of nitrogens with one attached hydrogen (secondary N) is 1. The number of amides is 1. The van der Waals surface area contributed by atoms with Crippen molar-refractivity contribution in [1.29, 1.82) is 0 Å². The highest BCUT2D eigenvalue weighted by Crippen LogP contribution is 2.30. The standard InChI is InChI=1S/C28H31N5O3/c1-20-25(35-2)17-24(18-26(20)36-3)28(34)33(15-7-10-21-8-5-4-6-9-21)19-23-13-11-22(12-14-23)16-27-29-31-32-30-27/h4-6,8-9,11-14,17-18H,7,10,15-16,19H2,1-3H3,(H,29,30,31,32). The zero-order valence-corrected chi connectivity index (χ0v) is 20.9. The molecule has 186 valence electrons. The van der Waals surface area contributed by atoms with Crippen molar-refractivity contribution < 1.29 is 14.3 Å². The molecule has 8 heteroatoms. The third-order valence-corrected chi connectivity index (χ3v) is 6.18. The van der Waals surface area contributed by atoms with Gasteiger partial charge in [-0.3, -0.25) is 4.79 Å². The van der Waals surface area contributed by atoms with E-state index in [-0.39, 0.29) is 5.91 Å². The summed E-state index contributed by atoms with van der Waals surface area (Å²) in [5.74, 6) is 1.92. The van der Waals surface area contributed by atoms with E-state index in [0.29, 0.717) is 42.4 Å². The van der Waals surface area contributed by atoms with E-state index in [1.807, 2.05) is 54.3 Å². The molecule has 4 aromatic rings. The van der Waals surface area contributed by atoms with Gasteiger partial charge in [-0.2, -0.15) is 0 Å². The summed E-state index contributed by atoms with van der Waals surface area (Å²) >= 11 is 0. The van der Waals surface area contributed by atoms with Crippen LogP contribution < -0.4 is 9.47 Å². The monoisotopic (exact) mass is 485 g/mol. The van der Waals surface area contributed by atoms with Crippen molar-refractivity contribution >= 4 is 5.91 Å². The van der Waals surface area contributed by atoms with Gasteiger partial charge in [0.2, 0.25) is 0 Å². The van der Waals surface area contributed by atoms with Gasteiger partial charge in [0.1, 0.15) is 11.5 Å². The van der Waals surface area contributed by atoms with Gasteiger partial charge in [-0.1, -0.05) is 54.6 Å². The highest BCUT2D eigenvalue weighted by Gasteiger charge is 2.20. The molecular formula is C28H31N5O3. The van der Waals surface area contributed by atoms with E-state index in [2.05, 4.69) is 32.8 Å². The van der Waals surface area contributed by atoms with Gasteiger partial charge in [0, 0.05) is 30.6 Å². The molecule has 0 spiro atoms. The lowest BCUT2D eigenvalue weighted by Gasteiger charge is -2.24. The van der Waals surface area contributed by atoms with Crippen LogP contribution in [-0.4, -0.2) is 52.2 Å². The highest BCUT2D eigenvalue weighted by molar-refractivity contribution is 5.95. The number of aryl methyl sites for hydroxylation is 1. The van der Waals surface area contributed by atoms with Crippen LogP contribution in [0.1, 0.15) is 44.9 Å². The first-order chi connectivity index (χ1) is 17.6. The van der Waals surface area contributed by atoms with E-state index in [4.69, 9.17) is 9.47 Å². The third-order valence-electron chi connectivity index (χ3n) is 6.18. The average molecular weight is 486 g/mol. The summed E-state index contributed by atoms with van der Waals surface area (Å²) in [4.78, 5) is 15.6. The van der Waals surface area contributed by atoms with E-state index in [0.717, 1.165) is 29.5 Å². The van der Waals surface area contributed by atoms with E-state index < -0.39 is 0 Å².